The van der Waals surface area contributed by atoms with Crippen LogP contribution in [0.5, 0.6) is 0 Å². The first-order valence-corrected chi connectivity index (χ1v) is 11.5. The number of fused-ring (bicyclic) bond motifs is 1. The molecular formula is C27H33NO3. The van der Waals surface area contributed by atoms with Gasteiger partial charge in [-0.25, -0.2) is 0 Å². The van der Waals surface area contributed by atoms with Crippen molar-refractivity contribution in [3.8, 4) is 11.3 Å². The first-order chi connectivity index (χ1) is 15.1. The molecule has 4 heteroatoms. The van der Waals surface area contributed by atoms with Crippen LogP contribution in [0, 0.1) is 6.92 Å². The molecule has 0 aliphatic rings. The van der Waals surface area contributed by atoms with Gasteiger partial charge in [0.05, 0.1) is 10.9 Å². The zero-order valence-electron chi connectivity index (χ0n) is 18.9. The van der Waals surface area contributed by atoms with E-state index in [1.54, 1.807) is 25.1 Å². The number of hydrogen-bond donors (Lipinski definition) is 1. The number of unbranched alkanes of at least 4 members (excludes halogenated alkanes) is 5. The minimum atomic E-state index is -0.236. The van der Waals surface area contributed by atoms with Crippen LogP contribution in [0.25, 0.3) is 22.3 Å². The van der Waals surface area contributed by atoms with Crippen LogP contribution in [0.1, 0.15) is 73.9 Å². The number of carbonyl (C=O) groups is 1. The number of hydrogen-bond acceptors (Lipinski definition) is 3. The zero-order valence-corrected chi connectivity index (χ0v) is 18.9. The lowest BCUT2D eigenvalue weighted by molar-refractivity contribution is 0.0956. The van der Waals surface area contributed by atoms with Crippen molar-refractivity contribution in [1.29, 1.82) is 0 Å². The Balaban J connectivity index is 1.85. The molecule has 3 rings (SSSR count). The number of carbonyl (C=O) groups excluding carboxylic acids is 1. The van der Waals surface area contributed by atoms with Crippen LogP contribution in [0.15, 0.2) is 51.7 Å². The van der Waals surface area contributed by atoms with Gasteiger partial charge in [-0.05, 0) is 44.4 Å². The number of nitrogens with one attached hydrogen (secondary N) is 1. The monoisotopic (exact) mass is 419 g/mol. The van der Waals surface area contributed by atoms with Crippen molar-refractivity contribution in [1.82, 2.24) is 5.32 Å². The molecule has 0 saturated heterocycles. The molecule has 31 heavy (non-hydrogen) atoms. The van der Waals surface area contributed by atoms with Gasteiger partial charge in [0, 0.05) is 17.7 Å². The Morgan fingerprint density at radius 3 is 2.35 bits per heavy atom. The molecule has 0 saturated carbocycles. The third-order valence-electron chi connectivity index (χ3n) is 5.76. The summed E-state index contributed by atoms with van der Waals surface area (Å²) >= 11 is 0. The van der Waals surface area contributed by atoms with Crippen molar-refractivity contribution in [3.05, 3.63) is 69.4 Å². The van der Waals surface area contributed by atoms with Gasteiger partial charge in [0.1, 0.15) is 5.76 Å². The fraction of sp³-hybridized carbons (Fsp3) is 0.407. The molecule has 1 heterocycles. The fourth-order valence-corrected chi connectivity index (χ4v) is 3.95. The first kappa shape index (κ1) is 22.8. The second-order valence-electron chi connectivity index (χ2n) is 8.14. The van der Waals surface area contributed by atoms with E-state index in [2.05, 4.69) is 24.4 Å². The predicted octanol–water partition coefficient (Wildman–Crippen LogP) is 6.42. The average molecular weight is 420 g/mol. The van der Waals surface area contributed by atoms with Gasteiger partial charge in [-0.15, -0.1) is 0 Å². The second-order valence-corrected chi connectivity index (χ2v) is 8.14. The Morgan fingerprint density at radius 1 is 0.935 bits per heavy atom. The molecule has 0 fully saturated rings. The van der Waals surface area contributed by atoms with E-state index in [-0.39, 0.29) is 11.3 Å². The van der Waals surface area contributed by atoms with Gasteiger partial charge >= 0.3 is 0 Å². The molecule has 0 aliphatic carbocycles. The summed E-state index contributed by atoms with van der Waals surface area (Å²) in [6.07, 6.45) is 8.76. The highest BCUT2D eigenvalue weighted by Gasteiger charge is 2.18. The largest absolute Gasteiger partial charge is 0.455 e. The molecular weight excluding hydrogens is 386 g/mol. The molecule has 3 aromatic rings. The van der Waals surface area contributed by atoms with Crippen LogP contribution in [0.2, 0.25) is 0 Å². The van der Waals surface area contributed by atoms with E-state index in [0.29, 0.717) is 34.4 Å². The maximum atomic E-state index is 13.0. The van der Waals surface area contributed by atoms with E-state index in [1.165, 1.54) is 44.1 Å². The Kier molecular flexibility index (Phi) is 8.05. The van der Waals surface area contributed by atoms with E-state index < -0.39 is 0 Å². The van der Waals surface area contributed by atoms with Crippen LogP contribution in [0.4, 0.5) is 0 Å². The van der Waals surface area contributed by atoms with E-state index in [0.717, 1.165) is 12.0 Å². The summed E-state index contributed by atoms with van der Waals surface area (Å²) in [6.45, 7) is 6.39. The molecule has 0 bridgehead atoms. The zero-order chi connectivity index (χ0) is 22.2. The van der Waals surface area contributed by atoms with Gasteiger partial charge in [-0.1, -0.05) is 69.4 Å². The van der Waals surface area contributed by atoms with E-state index in [4.69, 9.17) is 4.42 Å². The molecule has 2 aromatic carbocycles. The summed E-state index contributed by atoms with van der Waals surface area (Å²) in [6, 6.07) is 13.4. The van der Waals surface area contributed by atoms with Crippen molar-refractivity contribution >= 4 is 16.9 Å². The number of rotatable bonds is 10. The molecule has 164 valence electrons. The van der Waals surface area contributed by atoms with Crippen molar-refractivity contribution in [2.75, 3.05) is 6.54 Å². The van der Waals surface area contributed by atoms with Crippen molar-refractivity contribution in [2.24, 2.45) is 0 Å². The maximum absolute atomic E-state index is 13.0. The van der Waals surface area contributed by atoms with Crippen LogP contribution in [-0.2, 0) is 6.42 Å². The first-order valence-electron chi connectivity index (χ1n) is 11.5. The minimum absolute atomic E-state index is 0.0986. The minimum Gasteiger partial charge on any atom is -0.455 e. The summed E-state index contributed by atoms with van der Waals surface area (Å²) in [4.78, 5) is 25.4. The summed E-state index contributed by atoms with van der Waals surface area (Å²) in [7, 11) is 0. The molecule has 0 aliphatic heterocycles. The standard InChI is InChI=1S/C27H33NO3/c1-4-6-7-8-9-10-12-20-15-17-21(18-16-20)25-19(3)24(29)22-13-11-14-23(26(22)31-25)27(30)28-5-2/h11,13-18H,4-10,12H2,1-3H3,(H,28,30). The summed E-state index contributed by atoms with van der Waals surface area (Å²) in [5.41, 5.74) is 3.34. The highest BCUT2D eigenvalue weighted by molar-refractivity contribution is 6.05. The van der Waals surface area contributed by atoms with Gasteiger partial charge in [0.25, 0.3) is 5.91 Å². The number of benzene rings is 2. The third-order valence-corrected chi connectivity index (χ3v) is 5.76. The lowest BCUT2D eigenvalue weighted by Crippen LogP contribution is -2.23. The molecule has 1 amide bonds. The maximum Gasteiger partial charge on any atom is 0.255 e. The topological polar surface area (TPSA) is 59.3 Å². The van der Waals surface area contributed by atoms with Crippen molar-refractivity contribution in [2.45, 2.75) is 65.7 Å². The molecule has 0 unspecified atom stereocenters. The van der Waals surface area contributed by atoms with Crippen LogP contribution in [-0.4, -0.2) is 12.5 Å². The number of amides is 1. The van der Waals surface area contributed by atoms with Crippen molar-refractivity contribution in [3.63, 3.8) is 0 Å². The molecule has 0 spiro atoms. The highest BCUT2D eigenvalue weighted by atomic mass is 16.3. The Labute approximate surface area is 184 Å². The van der Waals surface area contributed by atoms with Gasteiger partial charge in [0.2, 0.25) is 0 Å². The number of aryl methyl sites for hydroxylation is 1. The normalized spacial score (nSPS) is 11.1. The van der Waals surface area contributed by atoms with Crippen LogP contribution >= 0.6 is 0 Å². The number of para-hydroxylation sites is 1. The Morgan fingerprint density at radius 2 is 1.65 bits per heavy atom. The lowest BCUT2D eigenvalue weighted by Gasteiger charge is -2.11. The highest BCUT2D eigenvalue weighted by Crippen LogP contribution is 2.28. The smallest absolute Gasteiger partial charge is 0.255 e. The quantitative estimate of drug-likeness (QED) is 0.386. The van der Waals surface area contributed by atoms with Crippen LogP contribution in [0.3, 0.4) is 0 Å². The van der Waals surface area contributed by atoms with Gasteiger partial charge < -0.3 is 9.73 Å². The van der Waals surface area contributed by atoms with Crippen molar-refractivity contribution < 1.29 is 9.21 Å². The molecule has 0 radical (unpaired) electrons. The Bertz CT molecular complexity index is 1080. The molecule has 0 atom stereocenters. The van der Waals surface area contributed by atoms with Gasteiger partial charge in [0.15, 0.2) is 11.0 Å². The second kappa shape index (κ2) is 10.9. The summed E-state index contributed by atoms with van der Waals surface area (Å²) < 4.78 is 6.17. The van der Waals surface area contributed by atoms with Gasteiger partial charge in [-0.2, -0.15) is 0 Å². The van der Waals surface area contributed by atoms with Gasteiger partial charge in [-0.3, -0.25) is 9.59 Å². The molecule has 1 N–H and O–H groups in total. The summed E-state index contributed by atoms with van der Waals surface area (Å²) in [5.74, 6) is 0.292. The summed E-state index contributed by atoms with van der Waals surface area (Å²) in [5, 5.41) is 3.22. The molecule has 1 aromatic heterocycles. The lowest BCUT2D eigenvalue weighted by atomic mass is 10.0. The third kappa shape index (κ3) is 5.43. The van der Waals surface area contributed by atoms with Crippen LogP contribution < -0.4 is 10.7 Å². The predicted molar refractivity (Wildman–Crippen MR) is 128 cm³/mol. The average Bonchev–Trinajstić information content (AvgIpc) is 2.79. The SMILES string of the molecule is CCCCCCCCc1ccc(-c2oc3c(C(=O)NCC)cccc3c(=O)c2C)cc1. The van der Waals surface area contributed by atoms with E-state index in [1.807, 2.05) is 19.1 Å². The van der Waals surface area contributed by atoms with E-state index in [9.17, 15) is 9.59 Å². The fourth-order valence-electron chi connectivity index (χ4n) is 3.95. The Hall–Kier alpha value is -2.88. The van der Waals surface area contributed by atoms with E-state index >= 15 is 0 Å². The molecule has 4 nitrogen and oxygen atoms in total.